The third kappa shape index (κ3) is 6.02. The van der Waals surface area contributed by atoms with Gasteiger partial charge < -0.3 is 10.6 Å². The van der Waals surface area contributed by atoms with Gasteiger partial charge in [0.25, 0.3) is 11.8 Å². The van der Waals surface area contributed by atoms with Gasteiger partial charge in [-0.25, -0.2) is 4.68 Å². The van der Waals surface area contributed by atoms with E-state index in [4.69, 9.17) is 0 Å². The lowest BCUT2D eigenvalue weighted by molar-refractivity contribution is 0.0944. The van der Waals surface area contributed by atoms with E-state index in [1.54, 1.807) is 43.5 Å². The molecule has 3 heterocycles. The van der Waals surface area contributed by atoms with E-state index in [2.05, 4.69) is 37.0 Å². The third-order valence-electron chi connectivity index (χ3n) is 5.64. The van der Waals surface area contributed by atoms with Crippen LogP contribution in [0.2, 0.25) is 0 Å². The van der Waals surface area contributed by atoms with E-state index in [0.717, 1.165) is 11.3 Å². The number of hydrogen-bond acceptors (Lipinski definition) is 7. The summed E-state index contributed by atoms with van der Waals surface area (Å²) in [4.78, 5) is 34.1. The third-order valence-corrected chi connectivity index (χ3v) is 5.64. The van der Waals surface area contributed by atoms with E-state index >= 15 is 0 Å². The molecule has 10 nitrogen and oxygen atoms in total. The molecule has 4 aromatic rings. The first-order valence-electron chi connectivity index (χ1n) is 11.6. The molecule has 3 aromatic heterocycles. The van der Waals surface area contributed by atoms with Gasteiger partial charge in [-0.1, -0.05) is 32.1 Å². The van der Waals surface area contributed by atoms with Crippen LogP contribution in [0.5, 0.6) is 0 Å². The number of nitrogens with one attached hydrogen (secondary N) is 2. The van der Waals surface area contributed by atoms with Crippen LogP contribution in [-0.2, 0) is 12.0 Å². The summed E-state index contributed by atoms with van der Waals surface area (Å²) in [6.07, 6.45) is 4.69. The molecule has 2 N–H and O–H groups in total. The lowest BCUT2D eigenvalue weighted by atomic mass is 9.85. The summed E-state index contributed by atoms with van der Waals surface area (Å²) >= 11 is 0. The number of anilines is 1. The second-order valence-electron chi connectivity index (χ2n) is 9.50. The Hall–Kier alpha value is -4.91. The summed E-state index contributed by atoms with van der Waals surface area (Å²) < 4.78 is 1.43. The minimum atomic E-state index is -0.390. The molecule has 0 aliphatic heterocycles. The molecule has 4 rings (SSSR count). The van der Waals surface area contributed by atoms with Crippen LogP contribution in [0.15, 0.2) is 61.1 Å². The van der Waals surface area contributed by atoms with E-state index in [-0.39, 0.29) is 29.5 Å². The molecule has 0 aliphatic carbocycles. The quantitative estimate of drug-likeness (QED) is 0.416. The summed E-state index contributed by atoms with van der Waals surface area (Å²) in [5.41, 5.74) is 3.91. The minimum Gasteiger partial charge on any atom is -0.345 e. The van der Waals surface area contributed by atoms with Crippen molar-refractivity contribution in [3.05, 3.63) is 94.8 Å². The molecule has 2 amide bonds. The van der Waals surface area contributed by atoms with Crippen LogP contribution < -0.4 is 10.6 Å². The van der Waals surface area contributed by atoms with E-state index in [1.165, 1.54) is 17.1 Å². The minimum absolute atomic E-state index is 0.132. The molecule has 37 heavy (non-hydrogen) atoms. The van der Waals surface area contributed by atoms with Crippen LogP contribution in [0.4, 0.5) is 5.69 Å². The Bertz CT molecular complexity index is 1500. The van der Waals surface area contributed by atoms with Crippen LogP contribution in [0.3, 0.4) is 0 Å². The van der Waals surface area contributed by atoms with Crippen molar-refractivity contribution < 1.29 is 9.59 Å². The number of carbonyl (C=O) groups is 2. The van der Waals surface area contributed by atoms with Crippen molar-refractivity contribution in [1.29, 1.82) is 5.26 Å². The highest BCUT2D eigenvalue weighted by atomic mass is 16.2. The zero-order chi connectivity index (χ0) is 26.6. The Kier molecular flexibility index (Phi) is 7.06. The molecule has 10 heteroatoms. The lowest BCUT2D eigenvalue weighted by Crippen LogP contribution is -2.23. The van der Waals surface area contributed by atoms with Gasteiger partial charge in [0.05, 0.1) is 53.3 Å². The van der Waals surface area contributed by atoms with Crippen molar-refractivity contribution in [3.8, 4) is 11.8 Å². The predicted molar refractivity (Wildman–Crippen MR) is 137 cm³/mol. The fraction of sp³-hybridized carbons (Fsp3) is 0.222. The standard InChI is InChI=1S/C27H26N8O2/c1-17-24(35-16-23(33-34-35)26(37)31-14-21-7-5-6-8-29-21)12-22(15-30-17)32-25(36)19-9-18(13-28)10-20(11-19)27(2,3)4/h5-12,15-16H,14H2,1-4H3,(H,31,37)(H,32,36). The second-order valence-corrected chi connectivity index (χ2v) is 9.50. The maximum absolute atomic E-state index is 13.0. The summed E-state index contributed by atoms with van der Waals surface area (Å²) in [6, 6.07) is 14.4. The number of hydrogen-bond donors (Lipinski definition) is 2. The number of pyridine rings is 2. The van der Waals surface area contributed by atoms with Crippen LogP contribution >= 0.6 is 0 Å². The first-order chi connectivity index (χ1) is 17.6. The number of carbonyl (C=O) groups excluding carboxylic acids is 2. The average molecular weight is 495 g/mol. The molecule has 0 aliphatic rings. The Labute approximate surface area is 214 Å². The molecule has 0 fully saturated rings. The van der Waals surface area contributed by atoms with Crippen molar-refractivity contribution in [2.75, 3.05) is 5.32 Å². The first kappa shape index (κ1) is 25.2. The summed E-state index contributed by atoms with van der Waals surface area (Å²) in [7, 11) is 0. The predicted octanol–water partition coefficient (Wildman–Crippen LogP) is 3.72. The van der Waals surface area contributed by atoms with Crippen molar-refractivity contribution in [2.24, 2.45) is 0 Å². The van der Waals surface area contributed by atoms with Gasteiger partial charge in [-0.3, -0.25) is 19.6 Å². The molecule has 0 saturated carbocycles. The highest BCUT2D eigenvalue weighted by molar-refractivity contribution is 6.04. The van der Waals surface area contributed by atoms with Gasteiger partial charge in [0.1, 0.15) is 0 Å². The normalized spacial score (nSPS) is 11.0. The number of nitrogens with zero attached hydrogens (tertiary/aromatic N) is 6. The zero-order valence-corrected chi connectivity index (χ0v) is 21.0. The first-order valence-corrected chi connectivity index (χ1v) is 11.6. The lowest BCUT2D eigenvalue weighted by Gasteiger charge is -2.20. The van der Waals surface area contributed by atoms with E-state index in [9.17, 15) is 14.9 Å². The number of aromatic nitrogens is 5. The molecule has 0 saturated heterocycles. The summed E-state index contributed by atoms with van der Waals surface area (Å²) in [5, 5.41) is 23.0. The molecular formula is C27H26N8O2. The summed E-state index contributed by atoms with van der Waals surface area (Å²) in [5.74, 6) is -0.758. The van der Waals surface area contributed by atoms with Crippen molar-refractivity contribution in [2.45, 2.75) is 39.7 Å². The van der Waals surface area contributed by atoms with E-state index in [0.29, 0.717) is 28.2 Å². The number of rotatable bonds is 6. The largest absolute Gasteiger partial charge is 0.345 e. The Morgan fingerprint density at radius 1 is 1.08 bits per heavy atom. The molecule has 0 bridgehead atoms. The average Bonchev–Trinajstić information content (AvgIpc) is 3.38. The molecule has 0 atom stereocenters. The topological polar surface area (TPSA) is 138 Å². The van der Waals surface area contributed by atoms with Crippen molar-refractivity contribution in [3.63, 3.8) is 0 Å². The summed E-state index contributed by atoms with van der Waals surface area (Å²) in [6.45, 7) is 8.11. The maximum Gasteiger partial charge on any atom is 0.273 e. The van der Waals surface area contributed by atoms with Crippen LogP contribution in [0.25, 0.3) is 5.69 Å². The zero-order valence-electron chi connectivity index (χ0n) is 21.0. The molecular weight excluding hydrogens is 468 g/mol. The van der Waals surface area contributed by atoms with Gasteiger partial charge in [0.15, 0.2) is 5.69 Å². The van der Waals surface area contributed by atoms with Crippen LogP contribution in [-0.4, -0.2) is 36.8 Å². The smallest absolute Gasteiger partial charge is 0.273 e. The number of amides is 2. The molecule has 0 unspecified atom stereocenters. The SMILES string of the molecule is Cc1ncc(NC(=O)c2cc(C#N)cc(C(C)(C)C)c2)cc1-n1cc(C(=O)NCc2ccccn2)nn1. The Balaban J connectivity index is 1.52. The molecule has 1 aromatic carbocycles. The number of nitriles is 1. The molecule has 186 valence electrons. The van der Waals surface area contributed by atoms with Crippen LogP contribution in [0, 0.1) is 18.3 Å². The highest BCUT2D eigenvalue weighted by Crippen LogP contribution is 2.25. The monoisotopic (exact) mass is 494 g/mol. The molecule has 0 radical (unpaired) electrons. The van der Waals surface area contributed by atoms with Crippen molar-refractivity contribution >= 4 is 17.5 Å². The highest BCUT2D eigenvalue weighted by Gasteiger charge is 2.19. The van der Waals surface area contributed by atoms with E-state index in [1.807, 2.05) is 32.9 Å². The maximum atomic E-state index is 13.0. The Morgan fingerprint density at radius 2 is 1.89 bits per heavy atom. The van der Waals surface area contributed by atoms with Gasteiger partial charge >= 0.3 is 0 Å². The van der Waals surface area contributed by atoms with Gasteiger partial charge in [0.2, 0.25) is 0 Å². The number of aryl methyl sites for hydroxylation is 1. The fourth-order valence-electron chi connectivity index (χ4n) is 3.53. The Morgan fingerprint density at radius 3 is 2.59 bits per heavy atom. The van der Waals surface area contributed by atoms with Crippen molar-refractivity contribution in [1.82, 2.24) is 30.3 Å². The van der Waals surface area contributed by atoms with Gasteiger partial charge in [-0.15, -0.1) is 5.10 Å². The van der Waals surface area contributed by atoms with Gasteiger partial charge in [-0.05, 0) is 54.3 Å². The van der Waals surface area contributed by atoms with Gasteiger partial charge in [-0.2, -0.15) is 5.26 Å². The second kappa shape index (κ2) is 10.4. The van der Waals surface area contributed by atoms with Crippen LogP contribution in [0.1, 0.15) is 64.1 Å². The molecule has 0 spiro atoms. The van der Waals surface area contributed by atoms with E-state index < -0.39 is 0 Å². The van der Waals surface area contributed by atoms with Gasteiger partial charge in [0, 0.05) is 11.8 Å². The number of benzene rings is 1. The fourth-order valence-corrected chi connectivity index (χ4v) is 3.53.